The summed E-state index contributed by atoms with van der Waals surface area (Å²) in [4.78, 5) is 25.4. The van der Waals surface area contributed by atoms with E-state index < -0.39 is 0 Å². The van der Waals surface area contributed by atoms with Crippen LogP contribution in [0.5, 0.6) is 0 Å². The first-order chi connectivity index (χ1) is 10.4. The zero-order valence-electron chi connectivity index (χ0n) is 13.4. The fraction of sp³-hybridized carbons (Fsp3) is 0.579. The molecule has 3 atom stereocenters. The van der Waals surface area contributed by atoms with Gasteiger partial charge < -0.3 is 4.74 Å². The van der Waals surface area contributed by atoms with E-state index in [1.807, 2.05) is 13.0 Å². The molecule has 1 aliphatic heterocycles. The largest absolute Gasteiger partial charge is 0.372 e. The van der Waals surface area contributed by atoms with Crippen LogP contribution in [0.3, 0.4) is 0 Å². The normalized spacial score (nSPS) is 32.4. The Hall–Kier alpha value is -1.48. The number of carbonyl (C=O) groups is 2. The number of benzene rings is 1. The molecule has 22 heavy (non-hydrogen) atoms. The van der Waals surface area contributed by atoms with Crippen molar-refractivity contribution in [2.75, 3.05) is 6.61 Å². The average molecular weight is 298 g/mol. The molecule has 3 aliphatic rings. The van der Waals surface area contributed by atoms with Crippen LogP contribution < -0.4 is 0 Å². The number of rotatable bonds is 0. The van der Waals surface area contributed by atoms with E-state index in [1.165, 1.54) is 5.56 Å². The van der Waals surface area contributed by atoms with Gasteiger partial charge in [-0.2, -0.15) is 0 Å². The maximum atomic E-state index is 12.8. The Morgan fingerprint density at radius 1 is 1.23 bits per heavy atom. The summed E-state index contributed by atoms with van der Waals surface area (Å²) in [6, 6.07) is 4.21. The standard InChI is InChI=1S/C19H22O3/c1-10-9-22-18-12-6-7-13-11(5-4-8-19(13,2)3)15(12)17(21)16(20)14(10)18/h6-7,10,14,18H,4-5,8-9H2,1-3H3/t10-,14+,18+/m0/s1. The number of hydrogen-bond donors (Lipinski definition) is 0. The van der Waals surface area contributed by atoms with Crippen molar-refractivity contribution in [2.45, 2.75) is 51.6 Å². The van der Waals surface area contributed by atoms with Crippen LogP contribution in [0.25, 0.3) is 0 Å². The van der Waals surface area contributed by atoms with Crippen LogP contribution in [0.2, 0.25) is 0 Å². The minimum atomic E-state index is -0.283. The number of ether oxygens (including phenoxy) is 1. The summed E-state index contributed by atoms with van der Waals surface area (Å²) in [6.45, 7) is 7.02. The lowest BCUT2D eigenvalue weighted by Gasteiger charge is -2.36. The Morgan fingerprint density at radius 2 is 2.00 bits per heavy atom. The summed E-state index contributed by atoms with van der Waals surface area (Å²) in [5.74, 6) is -0.667. The first kappa shape index (κ1) is 14.1. The molecule has 1 aromatic carbocycles. The van der Waals surface area contributed by atoms with Crippen LogP contribution in [0, 0.1) is 11.8 Å². The number of Topliss-reactive ketones (excluding diaryl/α,β-unsaturated/α-hetero) is 2. The molecule has 0 saturated carbocycles. The van der Waals surface area contributed by atoms with Gasteiger partial charge in [-0.1, -0.05) is 32.9 Å². The molecule has 3 nitrogen and oxygen atoms in total. The molecule has 0 unspecified atom stereocenters. The minimum absolute atomic E-state index is 0.0760. The Bertz CT molecular complexity index is 686. The van der Waals surface area contributed by atoms with Gasteiger partial charge in [0, 0.05) is 5.56 Å². The molecular formula is C19H22O3. The van der Waals surface area contributed by atoms with Gasteiger partial charge in [-0.25, -0.2) is 0 Å². The first-order valence-electron chi connectivity index (χ1n) is 8.28. The van der Waals surface area contributed by atoms with Crippen LogP contribution in [0.15, 0.2) is 12.1 Å². The van der Waals surface area contributed by atoms with Crippen molar-refractivity contribution >= 4 is 11.6 Å². The lowest BCUT2D eigenvalue weighted by Crippen LogP contribution is -2.38. The molecule has 1 heterocycles. The molecule has 1 aromatic rings. The molecular weight excluding hydrogens is 276 g/mol. The van der Waals surface area contributed by atoms with Crippen molar-refractivity contribution < 1.29 is 14.3 Å². The zero-order chi connectivity index (χ0) is 15.6. The quantitative estimate of drug-likeness (QED) is 0.690. The Balaban J connectivity index is 1.95. The van der Waals surface area contributed by atoms with Gasteiger partial charge in [0.05, 0.1) is 18.6 Å². The minimum Gasteiger partial charge on any atom is -0.372 e. The molecule has 3 heteroatoms. The molecule has 1 fully saturated rings. The van der Waals surface area contributed by atoms with Gasteiger partial charge in [-0.05, 0) is 47.3 Å². The topological polar surface area (TPSA) is 43.4 Å². The summed E-state index contributed by atoms with van der Waals surface area (Å²) in [6.07, 6.45) is 2.88. The molecule has 0 bridgehead atoms. The highest BCUT2D eigenvalue weighted by atomic mass is 16.5. The smallest absolute Gasteiger partial charge is 0.229 e. The maximum Gasteiger partial charge on any atom is 0.229 e. The molecule has 0 spiro atoms. The average Bonchev–Trinajstić information content (AvgIpc) is 2.86. The number of ketones is 2. The molecule has 1 saturated heterocycles. The van der Waals surface area contributed by atoms with Gasteiger partial charge in [0.25, 0.3) is 0 Å². The van der Waals surface area contributed by atoms with E-state index in [0.29, 0.717) is 12.2 Å². The van der Waals surface area contributed by atoms with Gasteiger partial charge in [0.1, 0.15) is 0 Å². The van der Waals surface area contributed by atoms with Crippen LogP contribution in [0.4, 0.5) is 0 Å². The van der Waals surface area contributed by atoms with E-state index in [0.717, 1.165) is 30.4 Å². The number of fused-ring (bicyclic) bond motifs is 5. The number of hydrogen-bond acceptors (Lipinski definition) is 3. The molecule has 0 aromatic heterocycles. The highest BCUT2D eigenvalue weighted by Gasteiger charge is 2.49. The van der Waals surface area contributed by atoms with Gasteiger partial charge in [0.2, 0.25) is 11.6 Å². The van der Waals surface area contributed by atoms with Crippen LogP contribution in [-0.4, -0.2) is 18.2 Å². The van der Waals surface area contributed by atoms with E-state index in [4.69, 9.17) is 4.74 Å². The van der Waals surface area contributed by atoms with Gasteiger partial charge >= 0.3 is 0 Å². The zero-order valence-corrected chi connectivity index (χ0v) is 13.4. The number of carbonyl (C=O) groups excluding carboxylic acids is 2. The SMILES string of the molecule is C[C@H]1CO[C@@H]2c3ccc4c(c3C(=O)C(=O)[C@H]21)CCCC4(C)C. The molecule has 2 aliphatic carbocycles. The summed E-state index contributed by atoms with van der Waals surface area (Å²) in [5.41, 5.74) is 4.05. The van der Waals surface area contributed by atoms with E-state index in [2.05, 4.69) is 19.9 Å². The maximum absolute atomic E-state index is 12.8. The van der Waals surface area contributed by atoms with Gasteiger partial charge in [-0.3, -0.25) is 9.59 Å². The second-order valence-electron chi connectivity index (χ2n) is 7.74. The molecule has 0 amide bonds. The molecule has 4 rings (SSSR count). The van der Waals surface area contributed by atoms with Gasteiger partial charge in [0.15, 0.2) is 0 Å². The third kappa shape index (κ3) is 1.72. The van der Waals surface area contributed by atoms with E-state index in [1.54, 1.807) is 0 Å². The van der Waals surface area contributed by atoms with Crippen molar-refractivity contribution in [3.8, 4) is 0 Å². The van der Waals surface area contributed by atoms with Crippen LogP contribution in [0.1, 0.15) is 66.8 Å². The van der Waals surface area contributed by atoms with E-state index in [9.17, 15) is 9.59 Å². The van der Waals surface area contributed by atoms with Crippen molar-refractivity contribution in [3.63, 3.8) is 0 Å². The lowest BCUT2D eigenvalue weighted by atomic mass is 9.67. The Kier molecular flexibility index (Phi) is 2.90. The van der Waals surface area contributed by atoms with Crippen molar-refractivity contribution in [2.24, 2.45) is 11.8 Å². The summed E-state index contributed by atoms with van der Waals surface area (Å²) in [5, 5.41) is 0. The summed E-state index contributed by atoms with van der Waals surface area (Å²) in [7, 11) is 0. The van der Waals surface area contributed by atoms with Crippen LogP contribution >= 0.6 is 0 Å². The molecule has 0 N–H and O–H groups in total. The summed E-state index contributed by atoms with van der Waals surface area (Å²) >= 11 is 0. The summed E-state index contributed by atoms with van der Waals surface area (Å²) < 4.78 is 5.88. The second-order valence-corrected chi connectivity index (χ2v) is 7.74. The Labute approximate surface area is 131 Å². The molecule has 0 radical (unpaired) electrons. The fourth-order valence-electron chi connectivity index (χ4n) is 4.62. The third-order valence-electron chi connectivity index (χ3n) is 5.84. The lowest BCUT2D eigenvalue weighted by molar-refractivity contribution is -0.121. The van der Waals surface area contributed by atoms with Crippen molar-refractivity contribution in [1.29, 1.82) is 0 Å². The Morgan fingerprint density at radius 3 is 2.77 bits per heavy atom. The fourth-order valence-corrected chi connectivity index (χ4v) is 4.62. The second kappa shape index (κ2) is 4.51. The van der Waals surface area contributed by atoms with Crippen LogP contribution in [-0.2, 0) is 21.4 Å². The highest BCUT2D eigenvalue weighted by Crippen LogP contribution is 2.48. The van der Waals surface area contributed by atoms with Crippen molar-refractivity contribution in [3.05, 3.63) is 34.4 Å². The molecule has 116 valence electrons. The third-order valence-corrected chi connectivity index (χ3v) is 5.84. The van der Waals surface area contributed by atoms with E-state index in [-0.39, 0.29) is 34.9 Å². The predicted octanol–water partition coefficient (Wildman–Crippen LogP) is 3.39. The highest BCUT2D eigenvalue weighted by molar-refractivity contribution is 6.46. The predicted molar refractivity (Wildman–Crippen MR) is 83.1 cm³/mol. The first-order valence-corrected chi connectivity index (χ1v) is 8.28. The monoisotopic (exact) mass is 298 g/mol. The van der Waals surface area contributed by atoms with Crippen molar-refractivity contribution in [1.82, 2.24) is 0 Å². The van der Waals surface area contributed by atoms with Gasteiger partial charge in [-0.15, -0.1) is 0 Å². The van der Waals surface area contributed by atoms with E-state index >= 15 is 0 Å².